The van der Waals surface area contributed by atoms with Gasteiger partial charge in [-0.05, 0) is 20.8 Å². The van der Waals surface area contributed by atoms with E-state index in [-0.39, 0.29) is 18.2 Å². The van der Waals surface area contributed by atoms with Gasteiger partial charge in [0.25, 0.3) is 0 Å². The second-order valence-corrected chi connectivity index (χ2v) is 3.49. The zero-order valence-electron chi connectivity index (χ0n) is 9.11. The molecule has 80 valence electrons. The summed E-state index contributed by atoms with van der Waals surface area (Å²) in [4.78, 5) is 4.08. The van der Waals surface area contributed by atoms with Crippen LogP contribution in [0.15, 0.2) is 6.33 Å². The molecule has 0 aliphatic heterocycles. The molecule has 0 spiro atoms. The van der Waals surface area contributed by atoms with Crippen LogP contribution in [-0.4, -0.2) is 34.4 Å². The fraction of sp³-hybridized carbons (Fsp3) is 0.778. The van der Waals surface area contributed by atoms with E-state index in [1.807, 2.05) is 13.8 Å². The Bertz CT molecular complexity index is 249. The first kappa shape index (κ1) is 11.1. The number of nitrogens with zero attached hydrogens (tertiary/aromatic N) is 2. The monoisotopic (exact) mass is 198 g/mol. The van der Waals surface area contributed by atoms with E-state index in [1.165, 1.54) is 6.33 Å². The number of aromatic nitrogens is 3. The molecule has 0 fully saturated rings. The topological polar surface area (TPSA) is 62.8 Å². The van der Waals surface area contributed by atoms with E-state index in [2.05, 4.69) is 27.4 Å². The first-order valence-electron chi connectivity index (χ1n) is 4.79. The van der Waals surface area contributed by atoms with Crippen molar-refractivity contribution in [1.29, 1.82) is 0 Å². The number of hydrogen-bond donors (Lipinski definition) is 2. The van der Waals surface area contributed by atoms with Crippen LogP contribution in [-0.2, 0) is 4.74 Å². The maximum Gasteiger partial charge on any atom is 0.141 e. The van der Waals surface area contributed by atoms with E-state index < -0.39 is 0 Å². The molecule has 2 N–H and O–H groups in total. The van der Waals surface area contributed by atoms with Gasteiger partial charge in [-0.2, -0.15) is 5.10 Å². The fourth-order valence-corrected chi connectivity index (χ4v) is 1.24. The Morgan fingerprint density at radius 1 is 1.43 bits per heavy atom. The molecular weight excluding hydrogens is 180 g/mol. The molecule has 0 amide bonds. The molecule has 1 aromatic rings. The number of hydrogen-bond acceptors (Lipinski definition) is 4. The highest BCUT2D eigenvalue weighted by Gasteiger charge is 2.16. The first-order chi connectivity index (χ1) is 6.65. The van der Waals surface area contributed by atoms with Crippen LogP contribution in [0.3, 0.4) is 0 Å². The zero-order valence-corrected chi connectivity index (χ0v) is 9.11. The van der Waals surface area contributed by atoms with Crippen LogP contribution in [0.1, 0.15) is 32.6 Å². The average molecular weight is 198 g/mol. The van der Waals surface area contributed by atoms with E-state index in [0.717, 1.165) is 5.82 Å². The number of H-pyrrole nitrogens is 1. The van der Waals surface area contributed by atoms with Crippen molar-refractivity contribution in [1.82, 2.24) is 20.5 Å². The van der Waals surface area contributed by atoms with Crippen molar-refractivity contribution in [2.45, 2.75) is 39.0 Å². The van der Waals surface area contributed by atoms with Crippen molar-refractivity contribution in [2.75, 3.05) is 7.11 Å². The van der Waals surface area contributed by atoms with E-state index in [0.29, 0.717) is 0 Å². The van der Waals surface area contributed by atoms with E-state index in [4.69, 9.17) is 4.74 Å². The smallest absolute Gasteiger partial charge is 0.141 e. The lowest BCUT2D eigenvalue weighted by atomic mass is 10.2. The van der Waals surface area contributed by atoms with Crippen molar-refractivity contribution in [2.24, 2.45) is 0 Å². The first-order valence-corrected chi connectivity index (χ1v) is 4.79. The van der Waals surface area contributed by atoms with Crippen LogP contribution in [0.4, 0.5) is 0 Å². The van der Waals surface area contributed by atoms with E-state index in [1.54, 1.807) is 7.11 Å². The van der Waals surface area contributed by atoms with E-state index >= 15 is 0 Å². The summed E-state index contributed by atoms with van der Waals surface area (Å²) < 4.78 is 5.22. The average Bonchev–Trinajstić information content (AvgIpc) is 2.69. The Balaban J connectivity index is 2.44. The molecule has 0 aliphatic carbocycles. The lowest BCUT2D eigenvalue weighted by Gasteiger charge is -2.23. The van der Waals surface area contributed by atoms with Crippen LogP contribution in [0.5, 0.6) is 0 Å². The van der Waals surface area contributed by atoms with Crippen LogP contribution in [0, 0.1) is 0 Å². The van der Waals surface area contributed by atoms with Crippen molar-refractivity contribution >= 4 is 0 Å². The summed E-state index contributed by atoms with van der Waals surface area (Å²) in [6.45, 7) is 6.16. The molecule has 14 heavy (non-hydrogen) atoms. The van der Waals surface area contributed by atoms with Gasteiger partial charge >= 0.3 is 0 Å². The van der Waals surface area contributed by atoms with Crippen LogP contribution >= 0.6 is 0 Å². The molecule has 0 aromatic carbocycles. The minimum absolute atomic E-state index is 0.157. The zero-order chi connectivity index (χ0) is 10.6. The second kappa shape index (κ2) is 5.07. The Hall–Kier alpha value is -0.940. The van der Waals surface area contributed by atoms with Crippen LogP contribution in [0.2, 0.25) is 0 Å². The van der Waals surface area contributed by atoms with Gasteiger partial charge in [0.15, 0.2) is 0 Å². The summed E-state index contributed by atoms with van der Waals surface area (Å²) in [5.74, 6) is 0.847. The molecule has 1 rings (SSSR count). The summed E-state index contributed by atoms with van der Waals surface area (Å²) in [5, 5.41) is 10.0. The summed E-state index contributed by atoms with van der Waals surface area (Å²) in [7, 11) is 1.71. The molecule has 0 aliphatic rings. The summed E-state index contributed by atoms with van der Waals surface area (Å²) in [6.07, 6.45) is 1.69. The maximum absolute atomic E-state index is 5.22. The molecule has 3 atom stereocenters. The molecule has 1 aromatic heterocycles. The maximum atomic E-state index is 5.22. The van der Waals surface area contributed by atoms with Gasteiger partial charge in [-0.25, -0.2) is 4.98 Å². The van der Waals surface area contributed by atoms with Gasteiger partial charge in [-0.1, -0.05) is 0 Å². The molecule has 5 nitrogen and oxygen atoms in total. The van der Waals surface area contributed by atoms with Gasteiger partial charge in [0, 0.05) is 13.2 Å². The second-order valence-electron chi connectivity index (χ2n) is 3.49. The van der Waals surface area contributed by atoms with Crippen molar-refractivity contribution in [3.8, 4) is 0 Å². The molecule has 0 radical (unpaired) electrons. The highest BCUT2D eigenvalue weighted by molar-refractivity contribution is 4.90. The Kier molecular flexibility index (Phi) is 4.03. The number of rotatable bonds is 5. The fourth-order valence-electron chi connectivity index (χ4n) is 1.24. The highest BCUT2D eigenvalue weighted by Crippen LogP contribution is 2.07. The van der Waals surface area contributed by atoms with Crippen molar-refractivity contribution < 1.29 is 4.74 Å². The molecule has 3 unspecified atom stereocenters. The minimum atomic E-state index is 0.157. The molecular formula is C9H18N4O. The summed E-state index contributed by atoms with van der Waals surface area (Å²) >= 11 is 0. The lowest BCUT2D eigenvalue weighted by molar-refractivity contribution is 0.0848. The largest absolute Gasteiger partial charge is 0.380 e. The van der Waals surface area contributed by atoms with Crippen LogP contribution < -0.4 is 5.32 Å². The Morgan fingerprint density at radius 2 is 2.14 bits per heavy atom. The summed E-state index contributed by atoms with van der Waals surface area (Å²) in [6, 6.07) is 0.435. The molecule has 0 saturated carbocycles. The van der Waals surface area contributed by atoms with Gasteiger partial charge in [0.2, 0.25) is 0 Å². The summed E-state index contributed by atoms with van der Waals surface area (Å²) in [5.41, 5.74) is 0. The number of methoxy groups -OCH3 is 1. The standard InChI is InChI=1S/C9H18N4O/c1-6(8(3)14-4)12-7(2)9-10-5-11-13-9/h5-8,12H,1-4H3,(H,10,11,13). The Labute approximate surface area is 84.3 Å². The van der Waals surface area contributed by atoms with Crippen molar-refractivity contribution in [3.05, 3.63) is 12.2 Å². The van der Waals surface area contributed by atoms with Gasteiger partial charge in [0.05, 0.1) is 12.1 Å². The third-order valence-corrected chi connectivity index (χ3v) is 2.43. The predicted molar refractivity (Wildman–Crippen MR) is 53.9 cm³/mol. The van der Waals surface area contributed by atoms with Gasteiger partial charge in [0.1, 0.15) is 12.2 Å². The Morgan fingerprint density at radius 3 is 2.64 bits per heavy atom. The van der Waals surface area contributed by atoms with Gasteiger partial charge in [-0.15, -0.1) is 0 Å². The predicted octanol–water partition coefficient (Wildman–Crippen LogP) is 0.879. The van der Waals surface area contributed by atoms with Gasteiger partial charge < -0.3 is 10.1 Å². The number of aromatic amines is 1. The van der Waals surface area contributed by atoms with Crippen molar-refractivity contribution in [3.63, 3.8) is 0 Å². The minimum Gasteiger partial charge on any atom is -0.380 e. The molecule has 0 saturated heterocycles. The number of ether oxygens (including phenoxy) is 1. The quantitative estimate of drug-likeness (QED) is 0.737. The molecule has 0 bridgehead atoms. The van der Waals surface area contributed by atoms with Gasteiger partial charge in [-0.3, -0.25) is 5.10 Å². The normalized spacial score (nSPS) is 17.7. The van der Waals surface area contributed by atoms with E-state index in [9.17, 15) is 0 Å². The lowest BCUT2D eigenvalue weighted by Crippen LogP contribution is -2.38. The van der Waals surface area contributed by atoms with Crippen LogP contribution in [0.25, 0.3) is 0 Å². The third kappa shape index (κ3) is 2.78. The molecule has 1 heterocycles. The SMILES string of the molecule is COC(C)C(C)NC(C)c1ncn[nH]1. The molecule has 5 heteroatoms. The third-order valence-electron chi connectivity index (χ3n) is 2.43. The number of nitrogens with one attached hydrogen (secondary N) is 2. The highest BCUT2D eigenvalue weighted by atomic mass is 16.5.